The Bertz CT molecular complexity index is 792. The number of rotatable bonds is 4. The molecule has 134 valence electrons. The standard InChI is InChI=1S/C23H24O3/c1-16-10-19(12-17-6-4-8-21(14-17)25-2)23(24)20(11-16)13-18-7-5-9-22(15-18)26-3/h4-9,12-16H,10-11H2,1-3H3/b19-12-,20-13+. The van der Waals surface area contributed by atoms with Crippen LogP contribution in [-0.4, -0.2) is 20.0 Å². The van der Waals surface area contributed by atoms with Crippen molar-refractivity contribution in [2.75, 3.05) is 14.2 Å². The summed E-state index contributed by atoms with van der Waals surface area (Å²) in [5, 5.41) is 0. The number of hydrogen-bond donors (Lipinski definition) is 0. The van der Waals surface area contributed by atoms with Crippen molar-refractivity contribution in [3.8, 4) is 11.5 Å². The van der Waals surface area contributed by atoms with Crippen LogP contribution < -0.4 is 9.47 Å². The van der Waals surface area contributed by atoms with Crippen molar-refractivity contribution in [2.24, 2.45) is 5.92 Å². The number of allylic oxidation sites excluding steroid dienone is 2. The van der Waals surface area contributed by atoms with Gasteiger partial charge >= 0.3 is 0 Å². The zero-order chi connectivity index (χ0) is 18.5. The molecular weight excluding hydrogens is 324 g/mol. The quantitative estimate of drug-likeness (QED) is 0.715. The SMILES string of the molecule is COc1cccc(/C=C2/CC(C)C/C(=C\c3cccc(OC)c3)C2=O)c1. The van der Waals surface area contributed by atoms with E-state index in [-0.39, 0.29) is 5.78 Å². The molecule has 0 radical (unpaired) electrons. The van der Waals surface area contributed by atoms with Crippen molar-refractivity contribution in [1.82, 2.24) is 0 Å². The predicted molar refractivity (Wildman–Crippen MR) is 105 cm³/mol. The average Bonchev–Trinajstić information content (AvgIpc) is 2.66. The summed E-state index contributed by atoms with van der Waals surface area (Å²) >= 11 is 0. The second kappa shape index (κ2) is 8.05. The minimum Gasteiger partial charge on any atom is -0.497 e. The third-order valence-electron chi connectivity index (χ3n) is 4.59. The van der Waals surface area contributed by atoms with Gasteiger partial charge in [-0.2, -0.15) is 0 Å². The van der Waals surface area contributed by atoms with Crippen molar-refractivity contribution < 1.29 is 14.3 Å². The normalized spacial score (nSPS) is 20.4. The maximum atomic E-state index is 13.0. The van der Waals surface area contributed by atoms with Crippen LogP contribution in [0.25, 0.3) is 12.2 Å². The number of benzene rings is 2. The highest BCUT2D eigenvalue weighted by Gasteiger charge is 2.25. The minimum atomic E-state index is 0.133. The second-order valence-electron chi connectivity index (χ2n) is 6.73. The van der Waals surface area contributed by atoms with Crippen LogP contribution in [0.5, 0.6) is 11.5 Å². The molecule has 0 saturated heterocycles. The largest absolute Gasteiger partial charge is 0.497 e. The predicted octanol–water partition coefficient (Wildman–Crippen LogP) is 5.17. The molecule has 1 aliphatic rings. The fourth-order valence-electron chi connectivity index (χ4n) is 3.33. The minimum absolute atomic E-state index is 0.133. The summed E-state index contributed by atoms with van der Waals surface area (Å²) in [7, 11) is 3.30. The Balaban J connectivity index is 1.92. The molecule has 0 N–H and O–H groups in total. The molecule has 1 unspecified atom stereocenters. The van der Waals surface area contributed by atoms with Gasteiger partial charge in [0.05, 0.1) is 14.2 Å². The number of hydrogen-bond acceptors (Lipinski definition) is 3. The van der Waals surface area contributed by atoms with Crippen molar-refractivity contribution >= 4 is 17.9 Å². The van der Waals surface area contributed by atoms with E-state index >= 15 is 0 Å². The summed E-state index contributed by atoms with van der Waals surface area (Å²) in [5.74, 6) is 2.15. The van der Waals surface area contributed by atoms with Crippen LogP contribution >= 0.6 is 0 Å². The summed E-state index contributed by atoms with van der Waals surface area (Å²) < 4.78 is 10.6. The van der Waals surface area contributed by atoms with E-state index in [1.54, 1.807) is 14.2 Å². The third kappa shape index (κ3) is 4.23. The van der Waals surface area contributed by atoms with E-state index in [4.69, 9.17) is 9.47 Å². The van der Waals surface area contributed by atoms with E-state index in [1.807, 2.05) is 60.7 Å². The van der Waals surface area contributed by atoms with Gasteiger partial charge in [-0.3, -0.25) is 4.79 Å². The number of carbonyl (C=O) groups excluding carboxylic acids is 1. The molecule has 3 nitrogen and oxygen atoms in total. The fraction of sp³-hybridized carbons (Fsp3) is 0.261. The summed E-state index contributed by atoms with van der Waals surface area (Å²) in [6, 6.07) is 15.6. The van der Waals surface area contributed by atoms with E-state index in [1.165, 1.54) is 0 Å². The van der Waals surface area contributed by atoms with E-state index in [0.29, 0.717) is 5.92 Å². The third-order valence-corrected chi connectivity index (χ3v) is 4.59. The van der Waals surface area contributed by atoms with Gasteiger partial charge in [-0.25, -0.2) is 0 Å². The van der Waals surface area contributed by atoms with Crippen molar-refractivity contribution in [3.05, 3.63) is 70.8 Å². The van der Waals surface area contributed by atoms with E-state index in [2.05, 4.69) is 6.92 Å². The zero-order valence-corrected chi connectivity index (χ0v) is 15.5. The van der Waals surface area contributed by atoms with Crippen molar-refractivity contribution in [3.63, 3.8) is 0 Å². The summed E-state index contributed by atoms with van der Waals surface area (Å²) in [4.78, 5) is 13.0. The first-order valence-electron chi connectivity index (χ1n) is 8.83. The molecule has 1 fully saturated rings. The Morgan fingerprint density at radius 2 is 1.31 bits per heavy atom. The Morgan fingerprint density at radius 3 is 1.73 bits per heavy atom. The molecule has 0 amide bonds. The number of ether oxygens (including phenoxy) is 2. The molecule has 26 heavy (non-hydrogen) atoms. The lowest BCUT2D eigenvalue weighted by molar-refractivity contribution is -0.113. The van der Waals surface area contributed by atoms with Crippen LogP contribution in [0.4, 0.5) is 0 Å². The summed E-state index contributed by atoms with van der Waals surface area (Å²) in [5.41, 5.74) is 3.68. The Hall–Kier alpha value is -2.81. The Kier molecular flexibility index (Phi) is 5.57. The Morgan fingerprint density at radius 1 is 0.846 bits per heavy atom. The lowest BCUT2D eigenvalue weighted by Crippen LogP contribution is -2.18. The summed E-state index contributed by atoms with van der Waals surface area (Å²) in [6.07, 6.45) is 5.57. The molecule has 2 aromatic rings. The van der Waals surface area contributed by atoms with E-state index in [9.17, 15) is 4.79 Å². The lowest BCUT2D eigenvalue weighted by Gasteiger charge is -2.22. The van der Waals surface area contributed by atoms with Gasteiger partial charge in [0.25, 0.3) is 0 Å². The molecule has 0 aromatic heterocycles. The van der Waals surface area contributed by atoms with E-state index < -0.39 is 0 Å². The first-order valence-corrected chi connectivity index (χ1v) is 8.83. The van der Waals surface area contributed by atoms with Gasteiger partial charge in [-0.15, -0.1) is 0 Å². The van der Waals surface area contributed by atoms with Crippen LogP contribution in [0.3, 0.4) is 0 Å². The fourth-order valence-corrected chi connectivity index (χ4v) is 3.33. The maximum Gasteiger partial charge on any atom is 0.185 e. The molecule has 3 rings (SSSR count). The van der Waals surface area contributed by atoms with Gasteiger partial charge in [0.1, 0.15) is 11.5 Å². The maximum absolute atomic E-state index is 13.0. The smallest absolute Gasteiger partial charge is 0.185 e. The Labute approximate surface area is 155 Å². The van der Waals surface area contributed by atoms with Crippen molar-refractivity contribution in [2.45, 2.75) is 19.8 Å². The van der Waals surface area contributed by atoms with Crippen molar-refractivity contribution in [1.29, 1.82) is 0 Å². The number of methoxy groups -OCH3 is 2. The molecule has 1 atom stereocenters. The first-order chi connectivity index (χ1) is 12.6. The topological polar surface area (TPSA) is 35.5 Å². The molecule has 2 aromatic carbocycles. The second-order valence-corrected chi connectivity index (χ2v) is 6.73. The molecule has 1 aliphatic carbocycles. The highest BCUT2D eigenvalue weighted by molar-refractivity contribution is 6.14. The number of carbonyl (C=O) groups is 1. The molecule has 3 heteroatoms. The van der Waals surface area contributed by atoms with Gasteiger partial charge in [0.15, 0.2) is 5.78 Å². The van der Waals surface area contributed by atoms with Crippen LogP contribution in [0.1, 0.15) is 30.9 Å². The average molecular weight is 348 g/mol. The van der Waals surface area contributed by atoms with Crippen LogP contribution in [0.2, 0.25) is 0 Å². The monoisotopic (exact) mass is 348 g/mol. The number of Topliss-reactive ketones (excluding diaryl/α,β-unsaturated/α-hetero) is 1. The molecule has 0 heterocycles. The van der Waals surface area contributed by atoms with Crippen LogP contribution in [-0.2, 0) is 4.79 Å². The number of ketones is 1. The highest BCUT2D eigenvalue weighted by atomic mass is 16.5. The zero-order valence-electron chi connectivity index (χ0n) is 15.5. The molecule has 0 bridgehead atoms. The van der Waals surface area contributed by atoms with Gasteiger partial charge in [0.2, 0.25) is 0 Å². The van der Waals surface area contributed by atoms with Crippen LogP contribution in [0, 0.1) is 5.92 Å². The van der Waals surface area contributed by atoms with E-state index in [0.717, 1.165) is 46.6 Å². The van der Waals surface area contributed by atoms with Gasteiger partial charge in [0, 0.05) is 11.1 Å². The van der Waals surface area contributed by atoms with Gasteiger partial charge in [-0.1, -0.05) is 31.2 Å². The van der Waals surface area contributed by atoms with Crippen LogP contribution in [0.15, 0.2) is 59.7 Å². The lowest BCUT2D eigenvalue weighted by atomic mass is 9.81. The molecule has 1 saturated carbocycles. The highest BCUT2D eigenvalue weighted by Crippen LogP contribution is 2.32. The molecule has 0 aliphatic heterocycles. The molecule has 0 spiro atoms. The first kappa shape index (κ1) is 18.0. The van der Waals surface area contributed by atoms with Gasteiger partial charge < -0.3 is 9.47 Å². The van der Waals surface area contributed by atoms with Gasteiger partial charge in [-0.05, 0) is 66.3 Å². The molecular formula is C23H24O3. The summed E-state index contributed by atoms with van der Waals surface area (Å²) in [6.45, 7) is 2.19.